The van der Waals surface area contributed by atoms with Gasteiger partial charge in [-0.3, -0.25) is 0 Å². The highest BCUT2D eigenvalue weighted by molar-refractivity contribution is 7.26. The molecule has 0 saturated heterocycles. The number of fused-ring (bicyclic) bond motifs is 4. The molecule has 0 spiro atoms. The highest BCUT2D eigenvalue weighted by atomic mass is 32.1. The van der Waals surface area contributed by atoms with E-state index in [1.165, 1.54) is 53.2 Å². The maximum Gasteiger partial charge on any atom is 0.164 e. The molecule has 220 valence electrons. The lowest BCUT2D eigenvalue weighted by molar-refractivity contribution is 1.07. The fourth-order valence-electron chi connectivity index (χ4n) is 6.55. The summed E-state index contributed by atoms with van der Waals surface area (Å²) in [6, 6.07) is 57.5. The molecule has 0 N–H and O–H groups in total. The molecule has 2 heterocycles. The van der Waals surface area contributed by atoms with Crippen molar-refractivity contribution in [3.63, 3.8) is 0 Å². The average molecular weight is 618 g/mol. The first kappa shape index (κ1) is 27.3. The van der Waals surface area contributed by atoms with E-state index in [4.69, 9.17) is 15.0 Å². The van der Waals surface area contributed by atoms with Gasteiger partial charge in [-0.05, 0) is 51.2 Å². The lowest BCUT2D eigenvalue weighted by Gasteiger charge is -2.15. The van der Waals surface area contributed by atoms with Gasteiger partial charge >= 0.3 is 0 Å². The summed E-state index contributed by atoms with van der Waals surface area (Å²) in [5.74, 6) is 1.97. The first-order valence-corrected chi connectivity index (χ1v) is 16.5. The average Bonchev–Trinajstić information content (AvgIpc) is 3.53. The Bertz CT molecular complexity index is 2510. The van der Waals surface area contributed by atoms with Gasteiger partial charge in [-0.15, -0.1) is 11.3 Å². The number of hydrogen-bond donors (Lipinski definition) is 0. The predicted octanol–water partition coefficient (Wildman–Crippen LogP) is 11.7. The molecule has 0 atom stereocenters. The number of aromatic nitrogens is 3. The van der Waals surface area contributed by atoms with Crippen molar-refractivity contribution in [1.82, 2.24) is 15.0 Å². The predicted molar refractivity (Wildman–Crippen MR) is 197 cm³/mol. The normalized spacial score (nSPS) is 11.4. The number of thiophene rings is 1. The van der Waals surface area contributed by atoms with Gasteiger partial charge < -0.3 is 0 Å². The molecule has 0 fully saturated rings. The minimum atomic E-state index is 0.654. The molecule has 7 aromatic carbocycles. The van der Waals surface area contributed by atoms with Gasteiger partial charge in [0.05, 0.1) is 0 Å². The first-order valence-electron chi connectivity index (χ1n) is 15.7. The Kier molecular flexibility index (Phi) is 6.65. The van der Waals surface area contributed by atoms with Crippen LogP contribution in [0.4, 0.5) is 0 Å². The number of rotatable bonds is 5. The third kappa shape index (κ3) is 4.87. The van der Waals surface area contributed by atoms with Crippen LogP contribution < -0.4 is 0 Å². The maximum absolute atomic E-state index is 5.10. The molecule has 2 aromatic heterocycles. The van der Waals surface area contributed by atoms with Crippen LogP contribution in [0.25, 0.3) is 87.4 Å². The van der Waals surface area contributed by atoms with E-state index in [-0.39, 0.29) is 0 Å². The summed E-state index contributed by atoms with van der Waals surface area (Å²) < 4.78 is 2.46. The van der Waals surface area contributed by atoms with E-state index in [1.54, 1.807) is 0 Å². The third-order valence-electron chi connectivity index (χ3n) is 8.73. The Morgan fingerprint density at radius 2 is 0.851 bits per heavy atom. The largest absolute Gasteiger partial charge is 0.208 e. The highest BCUT2D eigenvalue weighted by Crippen LogP contribution is 2.45. The molecule has 0 saturated carbocycles. The van der Waals surface area contributed by atoms with Crippen LogP contribution in [0.15, 0.2) is 164 Å². The van der Waals surface area contributed by atoms with Crippen molar-refractivity contribution in [2.45, 2.75) is 0 Å². The summed E-state index contributed by atoms with van der Waals surface area (Å²) >= 11 is 1.81. The molecule has 9 aromatic rings. The van der Waals surface area contributed by atoms with Crippen LogP contribution >= 0.6 is 11.3 Å². The SMILES string of the molecule is c1ccc(-c2nc(-c3ccccc3)nc(-c3cc(-c4ccccc4-c4cccc5ccccc45)c4c(c3)sc3ccccc34)n2)cc1. The van der Waals surface area contributed by atoms with Crippen molar-refractivity contribution in [2.24, 2.45) is 0 Å². The lowest BCUT2D eigenvalue weighted by Crippen LogP contribution is -2.00. The van der Waals surface area contributed by atoms with Crippen LogP contribution in [0.3, 0.4) is 0 Å². The Hall–Kier alpha value is -5.97. The molecular formula is C43H27N3S. The standard InChI is InChI=1S/C43H27N3S/c1-3-15-29(16-4-1)41-44-42(30-17-5-2-6-18-30)46-43(45-41)31-26-37(40-36-23-11-12-25-38(36)47-39(40)27-31)35-22-10-9-21-34(35)33-24-13-19-28-14-7-8-20-32(28)33/h1-27H. The summed E-state index contributed by atoms with van der Waals surface area (Å²) in [6.07, 6.45) is 0. The van der Waals surface area contributed by atoms with E-state index in [0.717, 1.165) is 16.7 Å². The Balaban J connectivity index is 1.34. The molecule has 47 heavy (non-hydrogen) atoms. The monoisotopic (exact) mass is 617 g/mol. The van der Waals surface area contributed by atoms with E-state index >= 15 is 0 Å². The summed E-state index contributed by atoms with van der Waals surface area (Å²) in [4.78, 5) is 15.1. The van der Waals surface area contributed by atoms with Gasteiger partial charge in [-0.1, -0.05) is 146 Å². The Morgan fingerprint density at radius 3 is 1.55 bits per heavy atom. The summed E-state index contributed by atoms with van der Waals surface area (Å²) in [7, 11) is 0. The molecule has 0 radical (unpaired) electrons. The maximum atomic E-state index is 5.10. The zero-order valence-electron chi connectivity index (χ0n) is 25.3. The van der Waals surface area contributed by atoms with Gasteiger partial charge in [0.1, 0.15) is 0 Å². The Morgan fingerprint density at radius 1 is 0.340 bits per heavy atom. The summed E-state index contributed by atoms with van der Waals surface area (Å²) in [6.45, 7) is 0. The van der Waals surface area contributed by atoms with Gasteiger partial charge in [-0.2, -0.15) is 0 Å². The van der Waals surface area contributed by atoms with Crippen molar-refractivity contribution < 1.29 is 0 Å². The van der Waals surface area contributed by atoms with E-state index in [0.29, 0.717) is 17.5 Å². The molecule has 0 amide bonds. The van der Waals surface area contributed by atoms with Crippen LogP contribution in [0.1, 0.15) is 0 Å². The second kappa shape index (κ2) is 11.4. The molecular weight excluding hydrogens is 591 g/mol. The topological polar surface area (TPSA) is 38.7 Å². The van der Waals surface area contributed by atoms with Gasteiger partial charge in [0.15, 0.2) is 17.5 Å². The van der Waals surface area contributed by atoms with Crippen molar-refractivity contribution in [3.05, 3.63) is 164 Å². The number of benzene rings is 7. The molecule has 0 aliphatic carbocycles. The van der Waals surface area contributed by atoms with Crippen LogP contribution in [0.5, 0.6) is 0 Å². The molecule has 0 aliphatic rings. The minimum absolute atomic E-state index is 0.654. The van der Waals surface area contributed by atoms with Crippen LogP contribution in [0, 0.1) is 0 Å². The summed E-state index contributed by atoms with van der Waals surface area (Å²) in [5.41, 5.74) is 7.64. The highest BCUT2D eigenvalue weighted by Gasteiger charge is 2.19. The molecule has 0 aliphatic heterocycles. The molecule has 4 heteroatoms. The van der Waals surface area contributed by atoms with E-state index in [1.807, 2.05) is 47.7 Å². The van der Waals surface area contributed by atoms with Crippen LogP contribution in [-0.2, 0) is 0 Å². The minimum Gasteiger partial charge on any atom is -0.208 e. The molecule has 0 bridgehead atoms. The van der Waals surface area contributed by atoms with E-state index in [2.05, 4.69) is 127 Å². The lowest BCUT2D eigenvalue weighted by atomic mass is 9.89. The zero-order valence-corrected chi connectivity index (χ0v) is 26.2. The van der Waals surface area contributed by atoms with Gasteiger partial charge in [-0.25, -0.2) is 15.0 Å². The van der Waals surface area contributed by atoms with Crippen molar-refractivity contribution >= 4 is 42.3 Å². The van der Waals surface area contributed by atoms with Crippen LogP contribution in [0.2, 0.25) is 0 Å². The zero-order chi connectivity index (χ0) is 31.2. The van der Waals surface area contributed by atoms with Gasteiger partial charge in [0.25, 0.3) is 0 Å². The fraction of sp³-hybridized carbons (Fsp3) is 0. The summed E-state index contributed by atoms with van der Waals surface area (Å²) in [5, 5.41) is 4.98. The smallest absolute Gasteiger partial charge is 0.164 e. The van der Waals surface area contributed by atoms with Gasteiger partial charge in [0, 0.05) is 36.9 Å². The van der Waals surface area contributed by atoms with E-state index in [9.17, 15) is 0 Å². The number of hydrogen-bond acceptors (Lipinski definition) is 4. The number of nitrogens with zero attached hydrogens (tertiary/aromatic N) is 3. The quantitative estimate of drug-likeness (QED) is 0.193. The molecule has 0 unspecified atom stereocenters. The second-order valence-corrected chi connectivity index (χ2v) is 12.7. The molecule has 3 nitrogen and oxygen atoms in total. The first-order chi connectivity index (χ1) is 23.3. The van der Waals surface area contributed by atoms with Crippen molar-refractivity contribution in [2.75, 3.05) is 0 Å². The van der Waals surface area contributed by atoms with Crippen molar-refractivity contribution in [1.29, 1.82) is 0 Å². The van der Waals surface area contributed by atoms with Gasteiger partial charge in [0.2, 0.25) is 0 Å². The van der Waals surface area contributed by atoms with E-state index < -0.39 is 0 Å². The fourth-order valence-corrected chi connectivity index (χ4v) is 7.72. The van der Waals surface area contributed by atoms with Crippen LogP contribution in [-0.4, -0.2) is 15.0 Å². The molecule has 9 rings (SSSR count). The third-order valence-corrected chi connectivity index (χ3v) is 9.85. The second-order valence-electron chi connectivity index (χ2n) is 11.6. The van der Waals surface area contributed by atoms with Crippen molar-refractivity contribution in [3.8, 4) is 56.4 Å². The Labute approximate surface area is 276 Å².